The molecule has 6 nitrogen and oxygen atoms in total. The summed E-state index contributed by atoms with van der Waals surface area (Å²) in [5.74, 6) is 1.36. The maximum Gasteiger partial charge on any atom is 0.271 e. The maximum atomic E-state index is 12.1. The summed E-state index contributed by atoms with van der Waals surface area (Å²) in [6, 6.07) is 7.32. The maximum absolute atomic E-state index is 12.1. The van der Waals surface area contributed by atoms with Crippen molar-refractivity contribution in [3.8, 4) is 22.8 Å². The van der Waals surface area contributed by atoms with Gasteiger partial charge in [-0.25, -0.2) is 4.68 Å². The SMILES string of the molecule is CCNCc1cc(-c2ccc(OC)cc2OC)nn(C)c1=O. The highest BCUT2D eigenvalue weighted by atomic mass is 16.5. The molecule has 22 heavy (non-hydrogen) atoms. The zero-order valence-electron chi connectivity index (χ0n) is 13.3. The smallest absolute Gasteiger partial charge is 0.271 e. The molecular weight excluding hydrogens is 282 g/mol. The summed E-state index contributed by atoms with van der Waals surface area (Å²) < 4.78 is 12.0. The van der Waals surface area contributed by atoms with E-state index in [9.17, 15) is 4.79 Å². The fourth-order valence-electron chi connectivity index (χ4n) is 2.20. The molecule has 0 saturated carbocycles. The highest BCUT2D eigenvalue weighted by Crippen LogP contribution is 2.31. The molecule has 0 saturated heterocycles. The second kappa shape index (κ2) is 7.09. The first kappa shape index (κ1) is 16.0. The van der Waals surface area contributed by atoms with E-state index in [1.807, 2.05) is 19.1 Å². The molecule has 6 heteroatoms. The monoisotopic (exact) mass is 303 g/mol. The van der Waals surface area contributed by atoms with E-state index in [-0.39, 0.29) is 5.56 Å². The summed E-state index contributed by atoms with van der Waals surface area (Å²) in [4.78, 5) is 12.1. The highest BCUT2D eigenvalue weighted by molar-refractivity contribution is 5.68. The van der Waals surface area contributed by atoms with Gasteiger partial charge in [-0.3, -0.25) is 4.79 Å². The van der Waals surface area contributed by atoms with Crippen LogP contribution in [0.2, 0.25) is 0 Å². The average Bonchev–Trinajstić information content (AvgIpc) is 2.55. The molecule has 118 valence electrons. The van der Waals surface area contributed by atoms with E-state index < -0.39 is 0 Å². The Hall–Kier alpha value is -2.34. The number of ether oxygens (including phenoxy) is 2. The second-order valence-corrected chi connectivity index (χ2v) is 4.83. The van der Waals surface area contributed by atoms with Crippen LogP contribution < -0.4 is 20.3 Å². The lowest BCUT2D eigenvalue weighted by molar-refractivity contribution is 0.395. The van der Waals surface area contributed by atoms with E-state index in [0.717, 1.165) is 12.1 Å². The predicted octanol–water partition coefficient (Wildman–Crippen LogP) is 1.57. The largest absolute Gasteiger partial charge is 0.497 e. The first-order valence-corrected chi connectivity index (χ1v) is 7.11. The minimum Gasteiger partial charge on any atom is -0.497 e. The van der Waals surface area contributed by atoms with E-state index in [4.69, 9.17) is 9.47 Å². The molecule has 0 unspecified atom stereocenters. The molecule has 0 aliphatic rings. The van der Waals surface area contributed by atoms with Gasteiger partial charge in [-0.15, -0.1) is 0 Å². The molecule has 0 radical (unpaired) electrons. The van der Waals surface area contributed by atoms with Crippen molar-refractivity contribution in [2.75, 3.05) is 20.8 Å². The van der Waals surface area contributed by atoms with Gasteiger partial charge >= 0.3 is 0 Å². The number of benzene rings is 1. The molecular formula is C16H21N3O3. The molecule has 0 aliphatic heterocycles. The van der Waals surface area contributed by atoms with Crippen molar-refractivity contribution in [3.05, 3.63) is 40.2 Å². The molecule has 0 spiro atoms. The Morgan fingerprint density at radius 1 is 1.23 bits per heavy atom. The van der Waals surface area contributed by atoms with Crippen LogP contribution in [0.15, 0.2) is 29.1 Å². The Morgan fingerprint density at radius 3 is 2.64 bits per heavy atom. The van der Waals surface area contributed by atoms with Crippen LogP contribution >= 0.6 is 0 Å². The predicted molar refractivity (Wildman–Crippen MR) is 85.4 cm³/mol. The van der Waals surface area contributed by atoms with Gasteiger partial charge in [0.05, 0.1) is 19.9 Å². The van der Waals surface area contributed by atoms with Crippen molar-refractivity contribution in [1.29, 1.82) is 0 Å². The number of aromatic nitrogens is 2. The third-order valence-corrected chi connectivity index (χ3v) is 3.39. The summed E-state index contributed by atoms with van der Waals surface area (Å²) in [5.41, 5.74) is 2.08. The summed E-state index contributed by atoms with van der Waals surface area (Å²) in [5, 5.41) is 7.50. The fraction of sp³-hybridized carbons (Fsp3) is 0.375. The summed E-state index contributed by atoms with van der Waals surface area (Å²) in [6.07, 6.45) is 0. The number of nitrogens with one attached hydrogen (secondary N) is 1. The van der Waals surface area contributed by atoms with Gasteiger partial charge in [0.25, 0.3) is 5.56 Å². The van der Waals surface area contributed by atoms with E-state index in [2.05, 4.69) is 10.4 Å². The molecule has 0 fully saturated rings. The van der Waals surface area contributed by atoms with Crippen molar-refractivity contribution >= 4 is 0 Å². The number of nitrogens with zero attached hydrogens (tertiary/aromatic N) is 2. The zero-order valence-corrected chi connectivity index (χ0v) is 13.3. The molecule has 2 aromatic rings. The molecule has 0 atom stereocenters. The van der Waals surface area contributed by atoms with Gasteiger partial charge in [0.15, 0.2) is 0 Å². The molecule has 1 N–H and O–H groups in total. The zero-order chi connectivity index (χ0) is 16.1. The van der Waals surface area contributed by atoms with E-state index in [0.29, 0.717) is 29.3 Å². The van der Waals surface area contributed by atoms with Gasteiger partial charge in [0.1, 0.15) is 11.5 Å². The van der Waals surface area contributed by atoms with Crippen molar-refractivity contribution in [2.24, 2.45) is 7.05 Å². The minimum atomic E-state index is -0.0998. The van der Waals surface area contributed by atoms with Gasteiger partial charge in [0.2, 0.25) is 0 Å². The van der Waals surface area contributed by atoms with Gasteiger partial charge in [-0.05, 0) is 24.7 Å². The number of methoxy groups -OCH3 is 2. The lowest BCUT2D eigenvalue weighted by Gasteiger charge is -2.12. The van der Waals surface area contributed by atoms with E-state index in [1.54, 1.807) is 33.4 Å². The van der Waals surface area contributed by atoms with Crippen LogP contribution in [0.1, 0.15) is 12.5 Å². The molecule has 1 aromatic carbocycles. The van der Waals surface area contributed by atoms with E-state index in [1.165, 1.54) is 4.68 Å². The number of hydrogen-bond acceptors (Lipinski definition) is 5. The first-order valence-electron chi connectivity index (χ1n) is 7.11. The van der Waals surface area contributed by atoms with Gasteiger partial charge < -0.3 is 14.8 Å². The highest BCUT2D eigenvalue weighted by Gasteiger charge is 2.12. The third kappa shape index (κ3) is 3.28. The Labute approximate surface area is 129 Å². The van der Waals surface area contributed by atoms with Crippen LogP contribution in [0.5, 0.6) is 11.5 Å². The number of rotatable bonds is 6. The lowest BCUT2D eigenvalue weighted by atomic mass is 10.1. The normalized spacial score (nSPS) is 10.5. The third-order valence-electron chi connectivity index (χ3n) is 3.39. The molecule has 0 bridgehead atoms. The fourth-order valence-corrected chi connectivity index (χ4v) is 2.20. The average molecular weight is 303 g/mol. The van der Waals surface area contributed by atoms with E-state index >= 15 is 0 Å². The summed E-state index contributed by atoms with van der Waals surface area (Å²) >= 11 is 0. The van der Waals surface area contributed by atoms with Crippen LogP contribution in [0, 0.1) is 0 Å². The lowest BCUT2D eigenvalue weighted by Crippen LogP contribution is -2.27. The van der Waals surface area contributed by atoms with Crippen molar-refractivity contribution < 1.29 is 9.47 Å². The van der Waals surface area contributed by atoms with Crippen molar-refractivity contribution in [3.63, 3.8) is 0 Å². The summed E-state index contributed by atoms with van der Waals surface area (Å²) in [7, 11) is 4.85. The summed E-state index contributed by atoms with van der Waals surface area (Å²) in [6.45, 7) is 3.31. The van der Waals surface area contributed by atoms with Gasteiger partial charge in [0, 0.05) is 30.8 Å². The first-order chi connectivity index (χ1) is 10.6. The minimum absolute atomic E-state index is 0.0998. The standard InChI is InChI=1S/C16H21N3O3/c1-5-17-10-11-8-14(18-19(2)16(11)20)13-7-6-12(21-3)9-15(13)22-4/h6-9,17H,5,10H2,1-4H3. The topological polar surface area (TPSA) is 65.4 Å². The molecule has 0 amide bonds. The quantitative estimate of drug-likeness (QED) is 0.877. The van der Waals surface area contributed by atoms with Crippen LogP contribution in [0.4, 0.5) is 0 Å². The Balaban J connectivity index is 2.52. The van der Waals surface area contributed by atoms with Gasteiger partial charge in [-0.2, -0.15) is 5.10 Å². The van der Waals surface area contributed by atoms with Crippen LogP contribution in [0.25, 0.3) is 11.3 Å². The van der Waals surface area contributed by atoms with Crippen LogP contribution in [-0.2, 0) is 13.6 Å². The molecule has 2 rings (SSSR count). The number of aryl methyl sites for hydroxylation is 1. The second-order valence-electron chi connectivity index (χ2n) is 4.83. The van der Waals surface area contributed by atoms with Gasteiger partial charge in [-0.1, -0.05) is 6.92 Å². The van der Waals surface area contributed by atoms with Crippen LogP contribution in [-0.4, -0.2) is 30.5 Å². The Kier molecular flexibility index (Phi) is 5.16. The number of hydrogen-bond donors (Lipinski definition) is 1. The molecule has 1 heterocycles. The Morgan fingerprint density at radius 2 is 2.00 bits per heavy atom. The Bertz CT molecular complexity index is 710. The molecule has 1 aromatic heterocycles. The van der Waals surface area contributed by atoms with Crippen LogP contribution in [0.3, 0.4) is 0 Å². The van der Waals surface area contributed by atoms with Crippen molar-refractivity contribution in [2.45, 2.75) is 13.5 Å². The molecule has 0 aliphatic carbocycles. The van der Waals surface area contributed by atoms with Crippen molar-refractivity contribution in [1.82, 2.24) is 15.1 Å².